The van der Waals surface area contributed by atoms with Gasteiger partial charge in [0.1, 0.15) is 17.3 Å². The highest BCUT2D eigenvalue weighted by Crippen LogP contribution is 2.36. The molecule has 19 heavy (non-hydrogen) atoms. The molecule has 0 spiro atoms. The van der Waals surface area contributed by atoms with Gasteiger partial charge < -0.3 is 14.5 Å². The molecule has 0 saturated heterocycles. The van der Waals surface area contributed by atoms with E-state index in [1.807, 2.05) is 31.2 Å². The standard InChI is InChI=1S/C14H15Br2NO2/c1-8-4-5-13(19-8)9(2)17-12-7-14(18-3)11(16)6-10(12)15/h4-7,9,17H,1-3H3. The molecule has 102 valence electrons. The number of ether oxygens (including phenoxy) is 1. The van der Waals surface area contributed by atoms with Gasteiger partial charge in [-0.25, -0.2) is 0 Å². The molecular weight excluding hydrogens is 374 g/mol. The van der Waals surface area contributed by atoms with Gasteiger partial charge in [0, 0.05) is 10.5 Å². The Kier molecular flexibility index (Phi) is 4.58. The van der Waals surface area contributed by atoms with E-state index in [1.54, 1.807) is 7.11 Å². The van der Waals surface area contributed by atoms with Crippen LogP contribution in [0.3, 0.4) is 0 Å². The third-order valence-corrected chi connectivity index (χ3v) is 4.08. The van der Waals surface area contributed by atoms with E-state index >= 15 is 0 Å². The normalized spacial score (nSPS) is 12.3. The molecule has 0 radical (unpaired) electrons. The zero-order chi connectivity index (χ0) is 14.0. The number of nitrogens with one attached hydrogen (secondary N) is 1. The summed E-state index contributed by atoms with van der Waals surface area (Å²) >= 11 is 6.99. The molecule has 1 N–H and O–H groups in total. The molecule has 0 saturated carbocycles. The van der Waals surface area contributed by atoms with Crippen LogP contribution in [-0.2, 0) is 0 Å². The number of hydrogen-bond acceptors (Lipinski definition) is 3. The van der Waals surface area contributed by atoms with Crippen molar-refractivity contribution in [3.8, 4) is 5.75 Å². The Morgan fingerprint density at radius 3 is 2.53 bits per heavy atom. The molecule has 0 amide bonds. The maximum atomic E-state index is 5.62. The third kappa shape index (κ3) is 3.34. The van der Waals surface area contributed by atoms with E-state index in [1.165, 1.54) is 0 Å². The van der Waals surface area contributed by atoms with Crippen molar-refractivity contribution in [2.24, 2.45) is 0 Å². The Balaban J connectivity index is 2.23. The largest absolute Gasteiger partial charge is 0.495 e. The fourth-order valence-corrected chi connectivity index (χ4v) is 3.06. The molecule has 0 aliphatic carbocycles. The maximum absolute atomic E-state index is 5.62. The molecule has 2 aromatic rings. The summed E-state index contributed by atoms with van der Waals surface area (Å²) in [5.74, 6) is 2.61. The van der Waals surface area contributed by atoms with Crippen molar-refractivity contribution in [2.75, 3.05) is 12.4 Å². The lowest BCUT2D eigenvalue weighted by atomic mass is 10.2. The van der Waals surface area contributed by atoms with Crippen LogP contribution in [0.4, 0.5) is 5.69 Å². The Bertz CT molecular complexity index is 581. The molecule has 1 unspecified atom stereocenters. The van der Waals surface area contributed by atoms with Gasteiger partial charge in [-0.05, 0) is 63.9 Å². The highest BCUT2D eigenvalue weighted by Gasteiger charge is 2.13. The van der Waals surface area contributed by atoms with Crippen molar-refractivity contribution in [3.05, 3.63) is 44.7 Å². The Morgan fingerprint density at radius 2 is 1.95 bits per heavy atom. The van der Waals surface area contributed by atoms with Crippen LogP contribution in [0.1, 0.15) is 24.5 Å². The van der Waals surface area contributed by atoms with Gasteiger partial charge in [-0.1, -0.05) is 0 Å². The van der Waals surface area contributed by atoms with Crippen LogP contribution in [-0.4, -0.2) is 7.11 Å². The summed E-state index contributed by atoms with van der Waals surface area (Å²) in [5.41, 5.74) is 0.960. The van der Waals surface area contributed by atoms with Gasteiger partial charge in [0.2, 0.25) is 0 Å². The first-order valence-electron chi connectivity index (χ1n) is 5.87. The third-order valence-electron chi connectivity index (χ3n) is 2.80. The van der Waals surface area contributed by atoms with E-state index in [2.05, 4.69) is 44.1 Å². The second kappa shape index (κ2) is 6.01. The van der Waals surface area contributed by atoms with Crippen molar-refractivity contribution in [1.29, 1.82) is 0 Å². The van der Waals surface area contributed by atoms with Crippen molar-refractivity contribution in [1.82, 2.24) is 0 Å². The van der Waals surface area contributed by atoms with Crippen molar-refractivity contribution in [2.45, 2.75) is 19.9 Å². The van der Waals surface area contributed by atoms with Gasteiger partial charge >= 0.3 is 0 Å². The average Bonchev–Trinajstić information content (AvgIpc) is 2.79. The molecule has 1 aromatic heterocycles. The van der Waals surface area contributed by atoms with E-state index in [0.29, 0.717) is 0 Å². The molecule has 0 fully saturated rings. The topological polar surface area (TPSA) is 34.4 Å². The highest BCUT2D eigenvalue weighted by atomic mass is 79.9. The molecule has 1 heterocycles. The van der Waals surface area contributed by atoms with Crippen LogP contribution in [0.25, 0.3) is 0 Å². The number of furan rings is 1. The summed E-state index contributed by atoms with van der Waals surface area (Å²) < 4.78 is 12.8. The molecule has 0 aliphatic heterocycles. The van der Waals surface area contributed by atoms with Gasteiger partial charge in [-0.3, -0.25) is 0 Å². The number of aryl methyl sites for hydroxylation is 1. The Hall–Kier alpha value is -0.940. The Morgan fingerprint density at radius 1 is 1.21 bits per heavy atom. The van der Waals surface area contributed by atoms with Crippen LogP contribution in [0.5, 0.6) is 5.75 Å². The van der Waals surface area contributed by atoms with Crippen LogP contribution >= 0.6 is 31.9 Å². The monoisotopic (exact) mass is 387 g/mol. The molecule has 1 aromatic carbocycles. The molecule has 2 rings (SSSR count). The molecule has 0 bridgehead atoms. The van der Waals surface area contributed by atoms with Crippen molar-refractivity contribution < 1.29 is 9.15 Å². The average molecular weight is 389 g/mol. The SMILES string of the molecule is COc1cc(NC(C)c2ccc(C)o2)c(Br)cc1Br. The van der Waals surface area contributed by atoms with Gasteiger partial charge in [0.05, 0.1) is 23.3 Å². The van der Waals surface area contributed by atoms with E-state index in [-0.39, 0.29) is 6.04 Å². The first-order valence-corrected chi connectivity index (χ1v) is 7.45. The van der Waals surface area contributed by atoms with Crippen molar-refractivity contribution in [3.63, 3.8) is 0 Å². The summed E-state index contributed by atoms with van der Waals surface area (Å²) in [6, 6.07) is 7.93. The predicted molar refractivity (Wildman–Crippen MR) is 83.9 cm³/mol. The lowest BCUT2D eigenvalue weighted by Gasteiger charge is -2.16. The number of methoxy groups -OCH3 is 1. The lowest BCUT2D eigenvalue weighted by molar-refractivity contribution is 0.412. The lowest BCUT2D eigenvalue weighted by Crippen LogP contribution is -2.06. The summed E-state index contributed by atoms with van der Waals surface area (Å²) in [5, 5.41) is 3.40. The van der Waals surface area contributed by atoms with Crippen LogP contribution in [0, 0.1) is 6.92 Å². The fraction of sp³-hybridized carbons (Fsp3) is 0.286. The van der Waals surface area contributed by atoms with E-state index < -0.39 is 0 Å². The Labute approximate surface area is 129 Å². The minimum atomic E-state index is 0.0795. The number of benzene rings is 1. The highest BCUT2D eigenvalue weighted by molar-refractivity contribution is 9.11. The molecule has 0 aliphatic rings. The summed E-state index contributed by atoms with van der Waals surface area (Å²) in [7, 11) is 1.65. The molecular formula is C14H15Br2NO2. The van der Waals surface area contributed by atoms with Crippen molar-refractivity contribution >= 4 is 37.5 Å². The quantitative estimate of drug-likeness (QED) is 0.772. The molecule has 1 atom stereocenters. The van der Waals surface area contributed by atoms with Crippen LogP contribution < -0.4 is 10.1 Å². The second-order valence-electron chi connectivity index (χ2n) is 4.28. The molecule has 5 heteroatoms. The van der Waals surface area contributed by atoms with Crippen LogP contribution in [0.15, 0.2) is 37.6 Å². The van der Waals surface area contributed by atoms with Gasteiger partial charge in [-0.15, -0.1) is 0 Å². The minimum Gasteiger partial charge on any atom is -0.495 e. The zero-order valence-electron chi connectivity index (χ0n) is 11.0. The first-order chi connectivity index (χ1) is 9.01. The fourth-order valence-electron chi connectivity index (χ4n) is 1.79. The number of halogens is 2. The zero-order valence-corrected chi connectivity index (χ0v) is 14.1. The summed E-state index contributed by atoms with van der Waals surface area (Å²) in [6.07, 6.45) is 0. The summed E-state index contributed by atoms with van der Waals surface area (Å²) in [6.45, 7) is 3.99. The van der Waals surface area contributed by atoms with Crippen LogP contribution in [0.2, 0.25) is 0 Å². The smallest absolute Gasteiger partial charge is 0.135 e. The van der Waals surface area contributed by atoms with Gasteiger partial charge in [0.15, 0.2) is 0 Å². The summed E-state index contributed by atoms with van der Waals surface area (Å²) in [4.78, 5) is 0. The van der Waals surface area contributed by atoms with E-state index in [9.17, 15) is 0 Å². The second-order valence-corrected chi connectivity index (χ2v) is 5.99. The van der Waals surface area contributed by atoms with Gasteiger partial charge in [-0.2, -0.15) is 0 Å². The maximum Gasteiger partial charge on any atom is 0.135 e. The number of anilines is 1. The van der Waals surface area contributed by atoms with E-state index in [4.69, 9.17) is 9.15 Å². The van der Waals surface area contributed by atoms with Gasteiger partial charge in [0.25, 0.3) is 0 Å². The number of hydrogen-bond donors (Lipinski definition) is 1. The minimum absolute atomic E-state index is 0.0795. The van der Waals surface area contributed by atoms with E-state index in [0.717, 1.165) is 31.9 Å². The predicted octanol–water partition coefficient (Wildman–Crippen LogP) is 5.29. The number of rotatable bonds is 4. The molecule has 3 nitrogen and oxygen atoms in total. The first kappa shape index (κ1) is 14.5.